The number of hydrogen-bond acceptors (Lipinski definition) is 5. The van der Waals surface area contributed by atoms with Crippen LogP contribution >= 0.6 is 0 Å². The highest BCUT2D eigenvalue weighted by molar-refractivity contribution is 6.23. The number of benzene rings is 2. The largest absolute Gasteiger partial charge is 0.495 e. The average molecular weight is 365 g/mol. The number of rotatable bonds is 4. The maximum Gasteiger partial charge on any atom is 0.251 e. The highest BCUT2D eigenvalue weighted by atomic mass is 16.5. The fraction of sp³-hybridized carbons (Fsp3) is 0.333. The van der Waals surface area contributed by atoms with Crippen molar-refractivity contribution < 1.29 is 14.3 Å². The molecule has 2 heterocycles. The Balaban J connectivity index is 1.47. The van der Waals surface area contributed by atoms with Gasteiger partial charge < -0.3 is 9.64 Å². The van der Waals surface area contributed by atoms with Gasteiger partial charge in [-0.2, -0.15) is 0 Å². The second-order valence-corrected chi connectivity index (χ2v) is 6.82. The van der Waals surface area contributed by atoms with Gasteiger partial charge in [-0.05, 0) is 24.3 Å². The van der Waals surface area contributed by atoms with Crippen molar-refractivity contribution in [1.29, 1.82) is 0 Å². The Hall–Kier alpha value is -2.86. The highest BCUT2D eigenvalue weighted by Gasteiger charge is 2.44. The molecule has 2 aromatic carbocycles. The summed E-state index contributed by atoms with van der Waals surface area (Å²) in [6.07, 6.45) is 0.224. The van der Waals surface area contributed by atoms with Crippen LogP contribution in [0.2, 0.25) is 0 Å². The normalized spacial score (nSPS) is 21.0. The zero-order valence-corrected chi connectivity index (χ0v) is 15.4. The van der Waals surface area contributed by atoms with Crippen LogP contribution in [0.25, 0.3) is 0 Å². The number of carbonyl (C=O) groups excluding carboxylic acids is 2. The summed E-state index contributed by atoms with van der Waals surface area (Å²) in [4.78, 5) is 31.4. The summed E-state index contributed by atoms with van der Waals surface area (Å²) in [7, 11) is 1.55. The second kappa shape index (κ2) is 7.40. The molecule has 140 valence electrons. The minimum atomic E-state index is -0.389. The third-order valence-corrected chi connectivity index (χ3v) is 5.33. The van der Waals surface area contributed by atoms with Crippen LogP contribution in [0.5, 0.6) is 5.75 Å². The lowest BCUT2D eigenvalue weighted by molar-refractivity contribution is -0.123. The van der Waals surface area contributed by atoms with Crippen molar-refractivity contribution in [2.45, 2.75) is 12.5 Å². The first kappa shape index (κ1) is 17.5. The van der Waals surface area contributed by atoms with E-state index in [0.29, 0.717) is 11.4 Å². The molecule has 0 radical (unpaired) electrons. The van der Waals surface area contributed by atoms with Gasteiger partial charge in [0.15, 0.2) is 0 Å². The number of methoxy groups -OCH3 is 1. The molecule has 0 aliphatic carbocycles. The van der Waals surface area contributed by atoms with Crippen LogP contribution in [0, 0.1) is 0 Å². The molecule has 0 bridgehead atoms. The van der Waals surface area contributed by atoms with Crippen LogP contribution in [0.15, 0.2) is 54.6 Å². The third kappa shape index (κ3) is 3.28. The average Bonchev–Trinajstić information content (AvgIpc) is 3.02. The summed E-state index contributed by atoms with van der Waals surface area (Å²) in [6.45, 7) is 3.21. The predicted molar refractivity (Wildman–Crippen MR) is 104 cm³/mol. The lowest BCUT2D eigenvalue weighted by Crippen LogP contribution is -2.52. The van der Waals surface area contributed by atoms with Gasteiger partial charge in [0.05, 0.1) is 25.3 Å². The fourth-order valence-electron chi connectivity index (χ4n) is 3.90. The van der Waals surface area contributed by atoms with Crippen LogP contribution in [-0.2, 0) is 9.59 Å². The number of ether oxygens (including phenoxy) is 1. The number of imide groups is 1. The van der Waals surface area contributed by atoms with Crippen LogP contribution < -0.4 is 14.5 Å². The highest BCUT2D eigenvalue weighted by Crippen LogP contribution is 2.33. The molecule has 27 heavy (non-hydrogen) atoms. The number of piperazine rings is 1. The number of anilines is 2. The van der Waals surface area contributed by atoms with Crippen molar-refractivity contribution in [3.63, 3.8) is 0 Å². The molecule has 0 N–H and O–H groups in total. The molecule has 1 atom stereocenters. The molecule has 4 rings (SSSR count). The van der Waals surface area contributed by atoms with E-state index in [1.165, 1.54) is 10.6 Å². The van der Waals surface area contributed by atoms with Crippen LogP contribution in [0.1, 0.15) is 6.42 Å². The summed E-state index contributed by atoms with van der Waals surface area (Å²) in [5.74, 6) is 0.214. The molecule has 2 aromatic rings. The van der Waals surface area contributed by atoms with E-state index in [2.05, 4.69) is 21.9 Å². The maximum atomic E-state index is 13.0. The summed E-state index contributed by atoms with van der Waals surface area (Å²) < 4.78 is 5.33. The van der Waals surface area contributed by atoms with Gasteiger partial charge in [-0.3, -0.25) is 14.5 Å². The second-order valence-electron chi connectivity index (χ2n) is 6.82. The van der Waals surface area contributed by atoms with Crippen molar-refractivity contribution >= 4 is 23.2 Å². The Morgan fingerprint density at radius 1 is 0.889 bits per heavy atom. The Morgan fingerprint density at radius 2 is 1.56 bits per heavy atom. The summed E-state index contributed by atoms with van der Waals surface area (Å²) in [6, 6.07) is 17.0. The SMILES string of the molecule is COc1ccccc1N1C(=O)CC(N2CCN(c3ccccc3)CC2)C1=O. The van der Waals surface area contributed by atoms with Gasteiger partial charge in [0.25, 0.3) is 5.91 Å². The third-order valence-electron chi connectivity index (χ3n) is 5.33. The molecule has 6 nitrogen and oxygen atoms in total. The van der Waals surface area contributed by atoms with Crippen molar-refractivity contribution in [1.82, 2.24) is 4.90 Å². The molecule has 2 aliphatic heterocycles. The quantitative estimate of drug-likeness (QED) is 0.777. The molecule has 2 amide bonds. The van der Waals surface area contributed by atoms with Gasteiger partial charge in [-0.1, -0.05) is 30.3 Å². The standard InChI is InChI=1S/C21H23N3O3/c1-27-19-10-6-5-9-17(19)24-20(25)15-18(21(24)26)23-13-11-22(12-14-23)16-7-3-2-4-8-16/h2-10,18H,11-15H2,1H3. The molecule has 2 fully saturated rings. The lowest BCUT2D eigenvalue weighted by atomic mass is 10.1. The maximum absolute atomic E-state index is 13.0. The molecule has 0 aromatic heterocycles. The van der Waals surface area contributed by atoms with E-state index >= 15 is 0 Å². The van der Waals surface area contributed by atoms with Crippen molar-refractivity contribution in [3.8, 4) is 5.75 Å². The van der Waals surface area contributed by atoms with E-state index in [1.54, 1.807) is 19.2 Å². The molecule has 2 saturated heterocycles. The Bertz CT molecular complexity index is 832. The molecule has 6 heteroatoms. The topological polar surface area (TPSA) is 53.1 Å². The van der Waals surface area contributed by atoms with Crippen molar-refractivity contribution in [2.75, 3.05) is 43.1 Å². The van der Waals surface area contributed by atoms with Gasteiger partial charge in [0, 0.05) is 31.9 Å². The molecular weight excluding hydrogens is 342 g/mol. The van der Waals surface area contributed by atoms with E-state index in [1.807, 2.05) is 30.3 Å². The van der Waals surface area contributed by atoms with Crippen molar-refractivity contribution in [2.24, 2.45) is 0 Å². The number of nitrogens with zero attached hydrogens (tertiary/aromatic N) is 3. The Labute approximate surface area is 158 Å². The molecule has 0 spiro atoms. The van der Waals surface area contributed by atoms with E-state index in [-0.39, 0.29) is 24.3 Å². The molecular formula is C21H23N3O3. The van der Waals surface area contributed by atoms with E-state index < -0.39 is 0 Å². The summed E-state index contributed by atoms with van der Waals surface area (Å²) in [5.41, 5.74) is 1.72. The Kier molecular flexibility index (Phi) is 4.81. The predicted octanol–water partition coefficient (Wildman–Crippen LogP) is 2.15. The minimum absolute atomic E-state index is 0.155. The molecule has 0 saturated carbocycles. The van der Waals surface area contributed by atoms with Gasteiger partial charge >= 0.3 is 0 Å². The number of amides is 2. The zero-order valence-electron chi connectivity index (χ0n) is 15.4. The van der Waals surface area contributed by atoms with Gasteiger partial charge in [0.2, 0.25) is 5.91 Å². The van der Waals surface area contributed by atoms with Gasteiger partial charge in [0.1, 0.15) is 5.75 Å². The summed E-state index contributed by atoms with van der Waals surface area (Å²) in [5, 5.41) is 0. The zero-order chi connectivity index (χ0) is 18.8. The lowest BCUT2D eigenvalue weighted by Gasteiger charge is -2.38. The van der Waals surface area contributed by atoms with E-state index in [0.717, 1.165) is 26.2 Å². The molecule has 2 aliphatic rings. The van der Waals surface area contributed by atoms with Crippen LogP contribution in [0.3, 0.4) is 0 Å². The fourth-order valence-corrected chi connectivity index (χ4v) is 3.90. The first-order valence-corrected chi connectivity index (χ1v) is 9.23. The minimum Gasteiger partial charge on any atom is -0.495 e. The van der Waals surface area contributed by atoms with Crippen LogP contribution in [-0.4, -0.2) is 56.0 Å². The number of para-hydroxylation sites is 3. The van der Waals surface area contributed by atoms with E-state index in [9.17, 15) is 9.59 Å². The number of carbonyl (C=O) groups is 2. The molecule has 1 unspecified atom stereocenters. The first-order chi connectivity index (χ1) is 13.2. The van der Waals surface area contributed by atoms with Crippen LogP contribution in [0.4, 0.5) is 11.4 Å². The van der Waals surface area contributed by atoms with Crippen molar-refractivity contribution in [3.05, 3.63) is 54.6 Å². The van der Waals surface area contributed by atoms with E-state index in [4.69, 9.17) is 4.74 Å². The van der Waals surface area contributed by atoms with Gasteiger partial charge in [-0.25, -0.2) is 4.90 Å². The smallest absolute Gasteiger partial charge is 0.251 e. The van der Waals surface area contributed by atoms with Gasteiger partial charge in [-0.15, -0.1) is 0 Å². The number of hydrogen-bond donors (Lipinski definition) is 0. The monoisotopic (exact) mass is 365 g/mol. The summed E-state index contributed by atoms with van der Waals surface area (Å²) >= 11 is 0. The first-order valence-electron chi connectivity index (χ1n) is 9.23. The Morgan fingerprint density at radius 3 is 2.26 bits per heavy atom.